The fourth-order valence-corrected chi connectivity index (χ4v) is 2.20. The lowest BCUT2D eigenvalue weighted by atomic mass is 10.1. The largest absolute Gasteiger partial charge is 0.495 e. The summed E-state index contributed by atoms with van der Waals surface area (Å²) in [6.07, 6.45) is 0. The number of aliphatic hydroxyl groups is 1. The zero-order valence-corrected chi connectivity index (χ0v) is 13.7. The van der Waals surface area contributed by atoms with Crippen molar-refractivity contribution in [2.24, 2.45) is 0 Å². The van der Waals surface area contributed by atoms with E-state index in [2.05, 4.69) is 5.32 Å². The zero-order valence-electron chi connectivity index (χ0n) is 13.7. The van der Waals surface area contributed by atoms with Crippen molar-refractivity contribution in [3.05, 3.63) is 59.2 Å². The van der Waals surface area contributed by atoms with E-state index in [0.29, 0.717) is 17.9 Å². The number of ether oxygens (including phenoxy) is 1. The Morgan fingerprint density at radius 1 is 1.13 bits per heavy atom. The Labute approximate surface area is 136 Å². The highest BCUT2D eigenvalue weighted by Crippen LogP contribution is 2.26. The van der Waals surface area contributed by atoms with Crippen LogP contribution in [-0.2, 0) is 13.2 Å². The van der Waals surface area contributed by atoms with Crippen molar-refractivity contribution in [3.8, 4) is 5.75 Å². The summed E-state index contributed by atoms with van der Waals surface area (Å²) in [5.74, 6) is 0.635. The van der Waals surface area contributed by atoms with E-state index in [4.69, 9.17) is 9.84 Å². The number of benzene rings is 2. The molecule has 122 valence electrons. The van der Waals surface area contributed by atoms with E-state index in [1.165, 1.54) is 0 Å². The van der Waals surface area contributed by atoms with Crippen molar-refractivity contribution < 1.29 is 14.6 Å². The number of methoxy groups -OCH3 is 1. The minimum Gasteiger partial charge on any atom is -0.495 e. The molecular formula is C18H22N2O3. The molecule has 2 aromatic rings. The molecule has 2 N–H and O–H groups in total. The average Bonchev–Trinajstić information content (AvgIpc) is 2.59. The maximum Gasteiger partial charge on any atom is 0.253 e. The van der Waals surface area contributed by atoms with Gasteiger partial charge in [0, 0.05) is 26.2 Å². The first kappa shape index (κ1) is 16.8. The number of carbonyl (C=O) groups is 1. The molecule has 0 spiro atoms. The summed E-state index contributed by atoms with van der Waals surface area (Å²) in [5.41, 5.74) is 3.33. The van der Waals surface area contributed by atoms with E-state index in [0.717, 1.165) is 16.8 Å². The van der Waals surface area contributed by atoms with Gasteiger partial charge in [0.1, 0.15) is 5.75 Å². The van der Waals surface area contributed by atoms with E-state index in [-0.39, 0.29) is 12.5 Å². The van der Waals surface area contributed by atoms with E-state index in [9.17, 15) is 4.79 Å². The third-order valence-corrected chi connectivity index (χ3v) is 3.54. The summed E-state index contributed by atoms with van der Waals surface area (Å²) in [4.78, 5) is 13.6. The van der Waals surface area contributed by atoms with Crippen LogP contribution in [0.15, 0.2) is 42.5 Å². The number of rotatable bonds is 6. The monoisotopic (exact) mass is 314 g/mol. The fourth-order valence-electron chi connectivity index (χ4n) is 2.20. The lowest BCUT2D eigenvalue weighted by Crippen LogP contribution is -2.21. The highest BCUT2D eigenvalue weighted by Gasteiger charge is 2.11. The molecule has 0 atom stereocenters. The van der Waals surface area contributed by atoms with Crippen LogP contribution in [0.1, 0.15) is 21.5 Å². The molecule has 0 bridgehead atoms. The number of amides is 1. The maximum atomic E-state index is 12.1. The molecule has 0 radical (unpaired) electrons. The SMILES string of the molecule is COc1ccc(C(=O)N(C)C)cc1NCc1ccc(CO)cc1. The van der Waals surface area contributed by atoms with Gasteiger partial charge < -0.3 is 20.1 Å². The predicted molar refractivity (Wildman–Crippen MR) is 90.7 cm³/mol. The van der Waals surface area contributed by atoms with Gasteiger partial charge in [-0.05, 0) is 29.3 Å². The standard InChI is InChI=1S/C18H22N2O3/c1-20(2)18(22)15-8-9-17(23-3)16(10-15)19-11-13-4-6-14(12-21)7-5-13/h4-10,19,21H,11-12H2,1-3H3. The lowest BCUT2D eigenvalue weighted by molar-refractivity contribution is 0.0827. The van der Waals surface area contributed by atoms with Gasteiger partial charge in [-0.25, -0.2) is 0 Å². The second kappa shape index (κ2) is 7.65. The van der Waals surface area contributed by atoms with Gasteiger partial charge in [0.2, 0.25) is 0 Å². The van der Waals surface area contributed by atoms with Crippen LogP contribution < -0.4 is 10.1 Å². The summed E-state index contributed by atoms with van der Waals surface area (Å²) in [6, 6.07) is 13.0. The summed E-state index contributed by atoms with van der Waals surface area (Å²) in [5, 5.41) is 12.4. The van der Waals surface area contributed by atoms with E-state index in [1.807, 2.05) is 24.3 Å². The van der Waals surface area contributed by atoms with E-state index >= 15 is 0 Å². The molecule has 1 amide bonds. The Kier molecular flexibility index (Phi) is 5.60. The van der Waals surface area contributed by atoms with Crippen LogP contribution in [0.5, 0.6) is 5.75 Å². The minimum absolute atomic E-state index is 0.0379. The molecule has 2 rings (SSSR count). The lowest BCUT2D eigenvalue weighted by Gasteiger charge is -2.15. The van der Waals surface area contributed by atoms with Gasteiger partial charge in [-0.15, -0.1) is 0 Å². The number of nitrogens with zero attached hydrogens (tertiary/aromatic N) is 1. The Bertz CT molecular complexity index is 666. The Morgan fingerprint density at radius 3 is 2.35 bits per heavy atom. The Morgan fingerprint density at radius 2 is 1.78 bits per heavy atom. The van der Waals surface area contributed by atoms with Crippen LogP contribution in [-0.4, -0.2) is 37.1 Å². The Hall–Kier alpha value is -2.53. The summed E-state index contributed by atoms with van der Waals surface area (Å²) >= 11 is 0. The summed E-state index contributed by atoms with van der Waals surface area (Å²) < 4.78 is 5.35. The molecule has 0 saturated carbocycles. The first-order valence-corrected chi connectivity index (χ1v) is 7.37. The molecule has 0 aliphatic carbocycles. The maximum absolute atomic E-state index is 12.1. The molecule has 0 heterocycles. The number of nitrogens with one attached hydrogen (secondary N) is 1. The number of anilines is 1. The Balaban J connectivity index is 2.16. The van der Waals surface area contributed by atoms with Gasteiger partial charge in [0.15, 0.2) is 0 Å². The van der Waals surface area contributed by atoms with Crippen molar-refractivity contribution in [1.29, 1.82) is 0 Å². The van der Waals surface area contributed by atoms with Gasteiger partial charge in [0.05, 0.1) is 19.4 Å². The molecule has 5 heteroatoms. The molecule has 0 unspecified atom stereocenters. The number of hydrogen-bond donors (Lipinski definition) is 2. The van der Waals surface area contributed by atoms with Crippen LogP contribution in [0, 0.1) is 0 Å². The highest BCUT2D eigenvalue weighted by molar-refractivity contribution is 5.95. The topological polar surface area (TPSA) is 61.8 Å². The van der Waals surface area contributed by atoms with Gasteiger partial charge in [0.25, 0.3) is 5.91 Å². The van der Waals surface area contributed by atoms with Crippen LogP contribution >= 0.6 is 0 Å². The predicted octanol–water partition coefficient (Wildman–Crippen LogP) is 2.50. The highest BCUT2D eigenvalue weighted by atomic mass is 16.5. The van der Waals surface area contributed by atoms with Crippen molar-refractivity contribution >= 4 is 11.6 Å². The van der Waals surface area contributed by atoms with Crippen LogP contribution in [0.2, 0.25) is 0 Å². The van der Waals surface area contributed by atoms with Crippen molar-refractivity contribution in [2.45, 2.75) is 13.2 Å². The zero-order chi connectivity index (χ0) is 16.8. The quantitative estimate of drug-likeness (QED) is 0.860. The van der Waals surface area contributed by atoms with Gasteiger partial charge >= 0.3 is 0 Å². The van der Waals surface area contributed by atoms with Crippen LogP contribution in [0.4, 0.5) is 5.69 Å². The van der Waals surface area contributed by atoms with Gasteiger partial charge in [-0.3, -0.25) is 4.79 Å². The molecule has 0 aliphatic rings. The second-order valence-electron chi connectivity index (χ2n) is 5.44. The second-order valence-corrected chi connectivity index (χ2v) is 5.44. The van der Waals surface area contributed by atoms with Gasteiger partial charge in [-0.1, -0.05) is 24.3 Å². The molecule has 5 nitrogen and oxygen atoms in total. The van der Waals surface area contributed by atoms with Gasteiger partial charge in [-0.2, -0.15) is 0 Å². The van der Waals surface area contributed by atoms with Crippen molar-refractivity contribution in [2.75, 3.05) is 26.5 Å². The summed E-state index contributed by atoms with van der Waals surface area (Å²) in [6.45, 7) is 0.637. The van der Waals surface area contributed by atoms with Crippen molar-refractivity contribution in [1.82, 2.24) is 4.90 Å². The third kappa shape index (κ3) is 4.23. The van der Waals surface area contributed by atoms with E-state index in [1.54, 1.807) is 44.3 Å². The molecule has 0 saturated heterocycles. The summed E-state index contributed by atoms with van der Waals surface area (Å²) in [7, 11) is 5.05. The molecule has 0 aliphatic heterocycles. The molecule has 0 fully saturated rings. The fraction of sp³-hybridized carbons (Fsp3) is 0.278. The average molecular weight is 314 g/mol. The molecule has 2 aromatic carbocycles. The van der Waals surface area contributed by atoms with E-state index < -0.39 is 0 Å². The first-order chi connectivity index (χ1) is 11.0. The smallest absolute Gasteiger partial charge is 0.253 e. The molecular weight excluding hydrogens is 292 g/mol. The number of aliphatic hydroxyl groups excluding tert-OH is 1. The van der Waals surface area contributed by atoms with Crippen LogP contribution in [0.25, 0.3) is 0 Å². The normalized spacial score (nSPS) is 10.3. The van der Waals surface area contributed by atoms with Crippen molar-refractivity contribution in [3.63, 3.8) is 0 Å². The third-order valence-electron chi connectivity index (χ3n) is 3.54. The van der Waals surface area contributed by atoms with Crippen LogP contribution in [0.3, 0.4) is 0 Å². The number of hydrogen-bond acceptors (Lipinski definition) is 4. The first-order valence-electron chi connectivity index (χ1n) is 7.37. The minimum atomic E-state index is -0.0528. The molecule has 23 heavy (non-hydrogen) atoms. The number of carbonyl (C=O) groups excluding carboxylic acids is 1. The molecule has 0 aromatic heterocycles.